The zero-order valence-corrected chi connectivity index (χ0v) is 12.1. The minimum atomic E-state index is -0.394. The predicted octanol–water partition coefficient (Wildman–Crippen LogP) is 1.96. The fourth-order valence-corrected chi connectivity index (χ4v) is 1.83. The van der Waals surface area contributed by atoms with Crippen molar-refractivity contribution in [3.05, 3.63) is 29.8 Å². The maximum absolute atomic E-state index is 11.9. The molecule has 0 radical (unpaired) electrons. The van der Waals surface area contributed by atoms with Crippen LogP contribution in [0, 0.1) is 6.92 Å². The number of amides is 1. The van der Waals surface area contributed by atoms with Crippen molar-refractivity contribution in [3.8, 4) is 5.75 Å². The lowest BCUT2D eigenvalue weighted by molar-refractivity contribution is -0.131. The van der Waals surface area contributed by atoms with E-state index < -0.39 is 6.04 Å². The molecule has 0 aromatic heterocycles. The van der Waals surface area contributed by atoms with Gasteiger partial charge in [0.05, 0.1) is 12.6 Å². The number of hydrogen-bond donors (Lipinski definition) is 1. The molecule has 0 aliphatic rings. The summed E-state index contributed by atoms with van der Waals surface area (Å²) < 4.78 is 5.61. The summed E-state index contributed by atoms with van der Waals surface area (Å²) in [5.74, 6) is 0.813. The van der Waals surface area contributed by atoms with Gasteiger partial charge in [0.15, 0.2) is 0 Å². The molecule has 0 bridgehead atoms. The van der Waals surface area contributed by atoms with Crippen molar-refractivity contribution in [1.82, 2.24) is 4.90 Å². The normalized spacial score (nSPS) is 12.0. The zero-order chi connectivity index (χ0) is 14.3. The van der Waals surface area contributed by atoms with Crippen molar-refractivity contribution >= 4 is 5.91 Å². The second-order valence-electron chi connectivity index (χ2n) is 4.82. The molecule has 1 aromatic carbocycles. The number of benzene rings is 1. The van der Waals surface area contributed by atoms with Crippen LogP contribution in [-0.4, -0.2) is 37.0 Å². The molecule has 1 rings (SSSR count). The van der Waals surface area contributed by atoms with Crippen LogP contribution in [0.2, 0.25) is 0 Å². The number of aryl methyl sites for hydroxylation is 1. The number of nitrogens with zero attached hydrogens (tertiary/aromatic N) is 1. The monoisotopic (exact) mass is 264 g/mol. The number of ether oxygens (including phenoxy) is 1. The zero-order valence-electron chi connectivity index (χ0n) is 12.1. The Kier molecular flexibility index (Phi) is 6.36. The van der Waals surface area contributed by atoms with E-state index >= 15 is 0 Å². The summed E-state index contributed by atoms with van der Waals surface area (Å²) in [6.07, 6.45) is 1.64. The van der Waals surface area contributed by atoms with E-state index in [0.29, 0.717) is 13.2 Å². The lowest BCUT2D eigenvalue weighted by Crippen LogP contribution is -2.43. The molecule has 0 spiro atoms. The molecule has 1 amide bonds. The first kappa shape index (κ1) is 15.5. The second-order valence-corrected chi connectivity index (χ2v) is 4.82. The van der Waals surface area contributed by atoms with E-state index in [1.54, 1.807) is 11.9 Å². The van der Waals surface area contributed by atoms with Gasteiger partial charge in [-0.15, -0.1) is 0 Å². The molecule has 19 heavy (non-hydrogen) atoms. The van der Waals surface area contributed by atoms with E-state index in [2.05, 4.69) is 0 Å². The van der Waals surface area contributed by atoms with Gasteiger partial charge in [0, 0.05) is 7.05 Å². The fraction of sp³-hybridized carbons (Fsp3) is 0.533. The molecule has 0 saturated heterocycles. The Morgan fingerprint density at radius 1 is 1.47 bits per heavy atom. The molecule has 0 unspecified atom stereocenters. The van der Waals surface area contributed by atoms with Gasteiger partial charge in [-0.05, 0) is 31.0 Å². The lowest BCUT2D eigenvalue weighted by Gasteiger charge is -2.21. The number of rotatable bonds is 7. The number of nitrogens with two attached hydrogens (primary N) is 1. The average Bonchev–Trinajstić information content (AvgIpc) is 2.38. The summed E-state index contributed by atoms with van der Waals surface area (Å²) in [5, 5.41) is 0. The van der Waals surface area contributed by atoms with Gasteiger partial charge in [-0.25, -0.2) is 0 Å². The van der Waals surface area contributed by atoms with Crippen LogP contribution in [0.3, 0.4) is 0 Å². The third-order valence-corrected chi connectivity index (χ3v) is 2.98. The molecule has 0 heterocycles. The third kappa shape index (κ3) is 5.30. The first-order chi connectivity index (χ1) is 9.04. The minimum Gasteiger partial charge on any atom is -0.492 e. The van der Waals surface area contributed by atoms with Crippen LogP contribution < -0.4 is 10.5 Å². The number of carbonyl (C=O) groups is 1. The van der Waals surface area contributed by atoms with Crippen LogP contribution in [0.1, 0.15) is 25.3 Å². The van der Waals surface area contributed by atoms with Crippen LogP contribution in [-0.2, 0) is 4.79 Å². The summed E-state index contributed by atoms with van der Waals surface area (Å²) in [5.41, 5.74) is 6.96. The molecule has 1 aromatic rings. The molecule has 4 nitrogen and oxygen atoms in total. The van der Waals surface area contributed by atoms with E-state index in [9.17, 15) is 4.79 Å². The quantitative estimate of drug-likeness (QED) is 0.819. The molecule has 106 valence electrons. The number of carbonyl (C=O) groups excluding carboxylic acids is 1. The van der Waals surface area contributed by atoms with Gasteiger partial charge in [0.25, 0.3) is 0 Å². The van der Waals surface area contributed by atoms with E-state index in [1.807, 2.05) is 38.1 Å². The third-order valence-electron chi connectivity index (χ3n) is 2.98. The Morgan fingerprint density at radius 3 is 2.84 bits per heavy atom. The molecule has 0 fully saturated rings. The summed E-state index contributed by atoms with van der Waals surface area (Å²) in [6.45, 7) is 5.06. The number of hydrogen-bond acceptors (Lipinski definition) is 3. The fourth-order valence-electron chi connectivity index (χ4n) is 1.83. The van der Waals surface area contributed by atoms with Crippen LogP contribution in [0.25, 0.3) is 0 Å². The molecule has 1 atom stereocenters. The van der Waals surface area contributed by atoms with Crippen LogP contribution in [0.5, 0.6) is 5.75 Å². The second kappa shape index (κ2) is 7.79. The maximum atomic E-state index is 11.9. The molecule has 4 heteroatoms. The first-order valence-electron chi connectivity index (χ1n) is 6.74. The highest BCUT2D eigenvalue weighted by Gasteiger charge is 2.16. The van der Waals surface area contributed by atoms with Gasteiger partial charge in [0.2, 0.25) is 5.91 Å². The first-order valence-corrected chi connectivity index (χ1v) is 6.74. The Labute approximate surface area is 115 Å². The Morgan fingerprint density at radius 2 is 2.21 bits per heavy atom. The van der Waals surface area contributed by atoms with Crippen LogP contribution >= 0.6 is 0 Å². The highest BCUT2D eigenvalue weighted by Crippen LogP contribution is 2.12. The highest BCUT2D eigenvalue weighted by atomic mass is 16.5. The lowest BCUT2D eigenvalue weighted by atomic mass is 10.1. The molecule has 0 aliphatic carbocycles. The smallest absolute Gasteiger partial charge is 0.239 e. The van der Waals surface area contributed by atoms with Crippen molar-refractivity contribution in [1.29, 1.82) is 0 Å². The summed E-state index contributed by atoms with van der Waals surface area (Å²) in [7, 11) is 1.76. The van der Waals surface area contributed by atoms with E-state index in [1.165, 1.54) is 0 Å². The van der Waals surface area contributed by atoms with Gasteiger partial charge in [-0.3, -0.25) is 4.79 Å². The van der Waals surface area contributed by atoms with Gasteiger partial charge in [-0.1, -0.05) is 25.5 Å². The Balaban J connectivity index is 2.34. The molecular formula is C15H24N2O2. The number of likely N-dealkylation sites (N-methyl/N-ethyl adjacent to an activating group) is 1. The van der Waals surface area contributed by atoms with Crippen LogP contribution in [0.15, 0.2) is 24.3 Å². The van der Waals surface area contributed by atoms with Crippen molar-refractivity contribution in [2.24, 2.45) is 5.73 Å². The standard InChI is InChI=1S/C15H24N2O2/c1-4-6-14(16)15(18)17(3)9-10-19-13-8-5-7-12(2)11-13/h5,7-8,11,14H,4,6,9-10,16H2,1-3H3/t14-/m0/s1. The van der Waals surface area contributed by atoms with E-state index in [4.69, 9.17) is 10.5 Å². The van der Waals surface area contributed by atoms with Gasteiger partial charge in [-0.2, -0.15) is 0 Å². The maximum Gasteiger partial charge on any atom is 0.239 e. The predicted molar refractivity (Wildman–Crippen MR) is 77.2 cm³/mol. The SMILES string of the molecule is CCC[C@H](N)C(=O)N(C)CCOc1cccc(C)c1. The topological polar surface area (TPSA) is 55.6 Å². The minimum absolute atomic E-state index is 0.0188. The summed E-state index contributed by atoms with van der Waals surface area (Å²) in [4.78, 5) is 13.5. The van der Waals surface area contributed by atoms with Crippen LogP contribution in [0.4, 0.5) is 0 Å². The Hall–Kier alpha value is -1.55. The highest BCUT2D eigenvalue weighted by molar-refractivity contribution is 5.81. The van der Waals surface area contributed by atoms with Crippen molar-refractivity contribution in [3.63, 3.8) is 0 Å². The van der Waals surface area contributed by atoms with Gasteiger partial charge >= 0.3 is 0 Å². The molecule has 2 N–H and O–H groups in total. The summed E-state index contributed by atoms with van der Waals surface area (Å²) >= 11 is 0. The van der Waals surface area contributed by atoms with Gasteiger partial charge < -0.3 is 15.4 Å². The van der Waals surface area contributed by atoms with Crippen molar-refractivity contribution in [2.75, 3.05) is 20.2 Å². The summed E-state index contributed by atoms with van der Waals surface area (Å²) in [6, 6.07) is 7.47. The van der Waals surface area contributed by atoms with Gasteiger partial charge in [0.1, 0.15) is 12.4 Å². The van der Waals surface area contributed by atoms with E-state index in [0.717, 1.165) is 24.2 Å². The average molecular weight is 264 g/mol. The van der Waals surface area contributed by atoms with E-state index in [-0.39, 0.29) is 5.91 Å². The molecule has 0 saturated carbocycles. The molecular weight excluding hydrogens is 240 g/mol. The van der Waals surface area contributed by atoms with Crippen molar-refractivity contribution < 1.29 is 9.53 Å². The van der Waals surface area contributed by atoms with Crippen molar-refractivity contribution in [2.45, 2.75) is 32.7 Å². The Bertz CT molecular complexity index is 407. The largest absolute Gasteiger partial charge is 0.492 e. The molecule has 0 aliphatic heterocycles.